The van der Waals surface area contributed by atoms with E-state index in [9.17, 15) is 0 Å². The largest absolute Gasteiger partial charge is 0.333 e. The van der Waals surface area contributed by atoms with Gasteiger partial charge < -0.3 is 4.98 Å². The molecule has 0 aliphatic rings. The van der Waals surface area contributed by atoms with Crippen molar-refractivity contribution < 1.29 is 0 Å². The Hall–Kier alpha value is -1.88. The lowest BCUT2D eigenvalue weighted by atomic mass is 10.3. The minimum absolute atomic E-state index is 0.455. The molecule has 0 bridgehead atoms. The van der Waals surface area contributed by atoms with E-state index >= 15 is 0 Å². The van der Waals surface area contributed by atoms with Crippen LogP contribution in [-0.2, 0) is 0 Å². The fourth-order valence-corrected chi connectivity index (χ4v) is 1.39. The summed E-state index contributed by atoms with van der Waals surface area (Å²) in [5.74, 6) is 0. The van der Waals surface area contributed by atoms with Gasteiger partial charge in [-0.15, -0.1) is 5.11 Å². The van der Waals surface area contributed by atoms with E-state index in [1.165, 1.54) is 0 Å². The van der Waals surface area contributed by atoms with Crippen LogP contribution >= 0.6 is 12.2 Å². The molecular weight excluding hydrogens is 220 g/mol. The van der Waals surface area contributed by atoms with Crippen molar-refractivity contribution in [2.45, 2.75) is 6.92 Å². The van der Waals surface area contributed by atoms with Crippen molar-refractivity contribution in [1.82, 2.24) is 9.97 Å². The highest BCUT2D eigenvalue weighted by Crippen LogP contribution is 2.18. The highest BCUT2D eigenvalue weighted by molar-refractivity contribution is 7.71. The SMILES string of the molecule is Cc1[nH]c(=S)ncc1N=Nc1ccccc1. The number of hydrogen-bond acceptors (Lipinski definition) is 4. The molecule has 1 heterocycles. The number of nitrogens with one attached hydrogen (secondary N) is 1. The van der Waals surface area contributed by atoms with Crippen LogP contribution in [-0.4, -0.2) is 9.97 Å². The predicted molar refractivity (Wildman–Crippen MR) is 64.8 cm³/mol. The third-order valence-electron chi connectivity index (χ3n) is 2.01. The molecule has 0 aliphatic heterocycles. The first-order valence-electron chi connectivity index (χ1n) is 4.78. The quantitative estimate of drug-likeness (QED) is 0.629. The van der Waals surface area contributed by atoms with Crippen LogP contribution in [0.4, 0.5) is 11.4 Å². The number of azo groups is 1. The number of aryl methyl sites for hydroxylation is 1. The Balaban J connectivity index is 2.28. The van der Waals surface area contributed by atoms with E-state index in [4.69, 9.17) is 12.2 Å². The second kappa shape index (κ2) is 4.76. The third kappa shape index (κ3) is 2.58. The van der Waals surface area contributed by atoms with Gasteiger partial charge in [-0.05, 0) is 31.3 Å². The Labute approximate surface area is 98.1 Å². The summed E-state index contributed by atoms with van der Waals surface area (Å²) in [6.45, 7) is 1.89. The standard InChI is InChI=1S/C11H10N4S/c1-8-10(7-12-11(16)13-8)15-14-9-5-3-2-4-6-9/h2-7H,1H3,(H,12,13,16). The normalized spacial score (nSPS) is 10.8. The molecule has 0 spiro atoms. The van der Waals surface area contributed by atoms with E-state index < -0.39 is 0 Å². The molecule has 0 saturated carbocycles. The van der Waals surface area contributed by atoms with Crippen LogP contribution < -0.4 is 0 Å². The molecule has 0 fully saturated rings. The Morgan fingerprint density at radius 2 is 1.94 bits per heavy atom. The minimum Gasteiger partial charge on any atom is -0.333 e. The van der Waals surface area contributed by atoms with E-state index in [0.29, 0.717) is 10.5 Å². The lowest BCUT2D eigenvalue weighted by Crippen LogP contribution is -1.84. The van der Waals surface area contributed by atoms with E-state index in [1.54, 1.807) is 6.20 Å². The molecule has 4 nitrogen and oxygen atoms in total. The lowest BCUT2D eigenvalue weighted by molar-refractivity contribution is 1.05. The Morgan fingerprint density at radius 1 is 1.19 bits per heavy atom. The van der Waals surface area contributed by atoms with Crippen molar-refractivity contribution in [2.75, 3.05) is 0 Å². The van der Waals surface area contributed by atoms with Crippen LogP contribution in [0.25, 0.3) is 0 Å². The Morgan fingerprint density at radius 3 is 2.62 bits per heavy atom. The van der Waals surface area contributed by atoms with E-state index in [1.807, 2.05) is 37.3 Å². The zero-order valence-corrected chi connectivity index (χ0v) is 9.53. The van der Waals surface area contributed by atoms with Crippen LogP contribution in [0.5, 0.6) is 0 Å². The third-order valence-corrected chi connectivity index (χ3v) is 2.22. The van der Waals surface area contributed by atoms with Crippen molar-refractivity contribution in [3.63, 3.8) is 0 Å². The molecule has 0 radical (unpaired) electrons. The van der Waals surface area contributed by atoms with Crippen LogP contribution in [0.15, 0.2) is 46.8 Å². The summed E-state index contributed by atoms with van der Waals surface area (Å²) in [4.78, 5) is 6.88. The molecule has 0 aliphatic carbocycles. The molecule has 1 aromatic carbocycles. The van der Waals surface area contributed by atoms with Crippen molar-refractivity contribution in [3.8, 4) is 0 Å². The van der Waals surface area contributed by atoms with Gasteiger partial charge in [0, 0.05) is 5.69 Å². The first-order chi connectivity index (χ1) is 7.75. The molecule has 0 atom stereocenters. The van der Waals surface area contributed by atoms with Gasteiger partial charge in [0.2, 0.25) is 0 Å². The molecular formula is C11H10N4S. The smallest absolute Gasteiger partial charge is 0.197 e. The maximum Gasteiger partial charge on any atom is 0.197 e. The van der Waals surface area contributed by atoms with Gasteiger partial charge in [-0.3, -0.25) is 0 Å². The van der Waals surface area contributed by atoms with Gasteiger partial charge >= 0.3 is 0 Å². The van der Waals surface area contributed by atoms with Gasteiger partial charge in [0.1, 0.15) is 5.69 Å². The summed E-state index contributed by atoms with van der Waals surface area (Å²) < 4.78 is 0.455. The van der Waals surface area contributed by atoms with Gasteiger partial charge in [-0.25, -0.2) is 4.98 Å². The average Bonchev–Trinajstić information content (AvgIpc) is 2.29. The second-order valence-electron chi connectivity index (χ2n) is 3.23. The Kier molecular flexibility index (Phi) is 3.16. The van der Waals surface area contributed by atoms with Crippen LogP contribution in [0.1, 0.15) is 5.69 Å². The van der Waals surface area contributed by atoms with Crippen LogP contribution in [0, 0.1) is 11.7 Å². The molecule has 0 amide bonds. The molecule has 5 heteroatoms. The molecule has 1 N–H and O–H groups in total. The number of rotatable bonds is 2. The monoisotopic (exact) mass is 230 g/mol. The van der Waals surface area contributed by atoms with E-state index in [-0.39, 0.29) is 0 Å². The van der Waals surface area contributed by atoms with E-state index in [0.717, 1.165) is 11.4 Å². The maximum atomic E-state index is 4.90. The number of aromatic nitrogens is 2. The summed E-state index contributed by atoms with van der Waals surface area (Å²) >= 11 is 4.90. The van der Waals surface area contributed by atoms with Gasteiger partial charge in [-0.2, -0.15) is 5.11 Å². The predicted octanol–water partition coefficient (Wildman–Crippen LogP) is 3.86. The number of hydrogen-bond donors (Lipinski definition) is 1. The topological polar surface area (TPSA) is 53.4 Å². The minimum atomic E-state index is 0.455. The number of nitrogens with zero attached hydrogens (tertiary/aromatic N) is 3. The summed E-state index contributed by atoms with van der Waals surface area (Å²) in [5.41, 5.74) is 2.36. The summed E-state index contributed by atoms with van der Waals surface area (Å²) in [5, 5.41) is 8.20. The molecule has 80 valence electrons. The van der Waals surface area contributed by atoms with Crippen molar-refractivity contribution in [2.24, 2.45) is 10.2 Å². The van der Waals surface area contributed by atoms with E-state index in [2.05, 4.69) is 20.2 Å². The Bertz CT molecular complexity index is 560. The molecule has 0 saturated heterocycles. The zero-order chi connectivity index (χ0) is 11.4. The molecule has 1 aromatic heterocycles. The van der Waals surface area contributed by atoms with Gasteiger partial charge in [0.25, 0.3) is 0 Å². The summed E-state index contributed by atoms with van der Waals surface area (Å²) in [6.07, 6.45) is 1.61. The number of H-pyrrole nitrogens is 1. The fourth-order valence-electron chi connectivity index (χ4n) is 1.18. The van der Waals surface area contributed by atoms with Crippen LogP contribution in [0.2, 0.25) is 0 Å². The average molecular weight is 230 g/mol. The van der Waals surface area contributed by atoms with Crippen LogP contribution in [0.3, 0.4) is 0 Å². The number of benzene rings is 1. The summed E-state index contributed by atoms with van der Waals surface area (Å²) in [6, 6.07) is 9.54. The fraction of sp³-hybridized carbons (Fsp3) is 0.0909. The molecule has 2 rings (SSSR count). The maximum absolute atomic E-state index is 4.90. The molecule has 2 aromatic rings. The van der Waals surface area contributed by atoms with Gasteiger partial charge in [0.05, 0.1) is 11.9 Å². The highest BCUT2D eigenvalue weighted by atomic mass is 32.1. The van der Waals surface area contributed by atoms with Crippen molar-refractivity contribution in [3.05, 3.63) is 47.0 Å². The first-order valence-corrected chi connectivity index (χ1v) is 5.19. The molecule has 16 heavy (non-hydrogen) atoms. The zero-order valence-electron chi connectivity index (χ0n) is 8.71. The lowest BCUT2D eigenvalue weighted by Gasteiger charge is -1.97. The number of aromatic amines is 1. The van der Waals surface area contributed by atoms with Gasteiger partial charge in [-0.1, -0.05) is 18.2 Å². The first kappa shape index (κ1) is 10.6. The summed E-state index contributed by atoms with van der Waals surface area (Å²) in [7, 11) is 0. The molecule has 0 unspecified atom stereocenters. The highest BCUT2D eigenvalue weighted by Gasteiger charge is 1.96. The second-order valence-corrected chi connectivity index (χ2v) is 3.62. The van der Waals surface area contributed by atoms with Crippen molar-refractivity contribution in [1.29, 1.82) is 0 Å². The van der Waals surface area contributed by atoms with Gasteiger partial charge in [0.15, 0.2) is 4.77 Å². The van der Waals surface area contributed by atoms with Crippen molar-refractivity contribution >= 4 is 23.6 Å².